The van der Waals surface area contributed by atoms with Gasteiger partial charge in [0.15, 0.2) is 0 Å². The first-order valence-corrected chi connectivity index (χ1v) is 6.49. The molecule has 1 rings (SSSR count). The van der Waals surface area contributed by atoms with Crippen LogP contribution in [0.3, 0.4) is 0 Å². The number of aliphatic carboxylic acids is 1. The lowest BCUT2D eigenvalue weighted by molar-refractivity contribution is -0.145. The fourth-order valence-corrected chi connectivity index (χ4v) is 1.49. The van der Waals surface area contributed by atoms with Crippen molar-refractivity contribution in [1.29, 1.82) is 0 Å². The van der Waals surface area contributed by atoms with Gasteiger partial charge in [0.05, 0.1) is 0 Å². The second kappa shape index (κ2) is 6.80. The molecule has 0 fully saturated rings. The summed E-state index contributed by atoms with van der Waals surface area (Å²) in [6, 6.07) is -1.38. The van der Waals surface area contributed by atoms with E-state index in [1.165, 1.54) is 0 Å². The molecule has 7 nitrogen and oxygen atoms in total. The Hall–Kier alpha value is -2.39. The van der Waals surface area contributed by atoms with Gasteiger partial charge in [0, 0.05) is 18.8 Å². The topological polar surface area (TPSA) is 101 Å². The zero-order chi connectivity index (χ0) is 17.8. The molecule has 1 amide bonds. The first kappa shape index (κ1) is 18.7. The summed E-state index contributed by atoms with van der Waals surface area (Å²) in [5.41, 5.74) is -0.689. The van der Waals surface area contributed by atoms with Gasteiger partial charge in [0.2, 0.25) is 5.82 Å². The molecule has 1 aromatic heterocycles. The van der Waals surface area contributed by atoms with Crippen LogP contribution in [-0.2, 0) is 22.1 Å². The third-order valence-electron chi connectivity index (χ3n) is 2.39. The van der Waals surface area contributed by atoms with Crippen molar-refractivity contribution in [3.8, 4) is 0 Å². The van der Waals surface area contributed by atoms with Crippen molar-refractivity contribution in [2.24, 2.45) is 0 Å². The number of ether oxygens (including phenoxy) is 1. The number of carbonyl (C=O) groups excluding carboxylic acids is 1. The average molecular weight is 335 g/mol. The molecule has 0 radical (unpaired) electrons. The second-order valence-corrected chi connectivity index (χ2v) is 5.65. The van der Waals surface area contributed by atoms with Crippen LogP contribution in [0.4, 0.5) is 18.0 Å². The highest BCUT2D eigenvalue weighted by atomic mass is 19.4. The molecule has 128 valence electrons. The van der Waals surface area contributed by atoms with Crippen molar-refractivity contribution in [3.63, 3.8) is 0 Å². The molecular weight excluding hydrogens is 319 g/mol. The van der Waals surface area contributed by atoms with Crippen LogP contribution in [0.25, 0.3) is 0 Å². The van der Waals surface area contributed by atoms with Crippen LogP contribution in [0.15, 0.2) is 12.4 Å². The van der Waals surface area contributed by atoms with Crippen LogP contribution >= 0.6 is 0 Å². The van der Waals surface area contributed by atoms with Gasteiger partial charge in [0.25, 0.3) is 0 Å². The zero-order valence-corrected chi connectivity index (χ0v) is 12.6. The predicted octanol–water partition coefficient (Wildman–Crippen LogP) is 2.02. The molecule has 0 aliphatic carbocycles. The SMILES string of the molecule is CC(C)(C)OC(=O)NC(Cc1cnc(C(F)(F)F)nc1)C(=O)O. The summed E-state index contributed by atoms with van der Waals surface area (Å²) in [4.78, 5) is 29.0. The standard InChI is InChI=1S/C13H16F3N3O4/c1-12(2,3)23-11(22)19-8(9(20)21)4-7-5-17-10(18-6-7)13(14,15)16/h5-6,8H,4H2,1-3H3,(H,19,22)(H,20,21). The number of nitrogens with one attached hydrogen (secondary N) is 1. The van der Waals surface area contributed by atoms with Gasteiger partial charge in [-0.1, -0.05) is 0 Å². The molecule has 10 heteroatoms. The number of alkyl carbamates (subject to hydrolysis) is 1. The fourth-order valence-electron chi connectivity index (χ4n) is 1.49. The maximum Gasteiger partial charge on any atom is 0.451 e. The quantitative estimate of drug-likeness (QED) is 0.873. The Balaban J connectivity index is 2.77. The number of carbonyl (C=O) groups is 2. The monoisotopic (exact) mass is 335 g/mol. The number of hydrogen-bond acceptors (Lipinski definition) is 5. The van der Waals surface area contributed by atoms with Crippen molar-refractivity contribution >= 4 is 12.1 Å². The number of halogens is 3. The van der Waals surface area contributed by atoms with Gasteiger partial charge < -0.3 is 15.2 Å². The lowest BCUT2D eigenvalue weighted by atomic mass is 10.1. The van der Waals surface area contributed by atoms with Gasteiger partial charge >= 0.3 is 18.2 Å². The van der Waals surface area contributed by atoms with Crippen molar-refractivity contribution in [2.45, 2.75) is 45.0 Å². The molecule has 0 spiro atoms. The predicted molar refractivity (Wildman–Crippen MR) is 71.5 cm³/mol. The van der Waals surface area contributed by atoms with E-state index in [1.54, 1.807) is 20.8 Å². The van der Waals surface area contributed by atoms with E-state index in [-0.39, 0.29) is 12.0 Å². The highest BCUT2D eigenvalue weighted by Crippen LogP contribution is 2.25. The molecule has 0 aromatic carbocycles. The number of carboxylic acids is 1. The maximum atomic E-state index is 12.3. The second-order valence-electron chi connectivity index (χ2n) is 5.65. The summed E-state index contributed by atoms with van der Waals surface area (Å²) in [7, 11) is 0. The van der Waals surface area contributed by atoms with E-state index in [1.807, 2.05) is 0 Å². The summed E-state index contributed by atoms with van der Waals surface area (Å²) in [6.07, 6.45) is -4.19. The Kier molecular flexibility index (Phi) is 5.51. The summed E-state index contributed by atoms with van der Waals surface area (Å²) < 4.78 is 42.0. The first-order chi connectivity index (χ1) is 10.4. The van der Waals surface area contributed by atoms with E-state index in [2.05, 4.69) is 15.3 Å². The van der Waals surface area contributed by atoms with Crippen molar-refractivity contribution in [1.82, 2.24) is 15.3 Å². The van der Waals surface area contributed by atoms with Gasteiger partial charge in [-0.25, -0.2) is 19.6 Å². The van der Waals surface area contributed by atoms with Crippen molar-refractivity contribution in [3.05, 3.63) is 23.8 Å². The minimum Gasteiger partial charge on any atom is -0.480 e. The number of rotatable bonds is 4. The molecule has 0 saturated heterocycles. The minimum atomic E-state index is -4.68. The third-order valence-corrected chi connectivity index (χ3v) is 2.39. The molecular formula is C13H16F3N3O4. The van der Waals surface area contributed by atoms with E-state index in [4.69, 9.17) is 9.84 Å². The Labute approximate surface area is 129 Å². The number of nitrogens with zero attached hydrogens (tertiary/aromatic N) is 2. The summed E-state index contributed by atoms with van der Waals surface area (Å²) in [6.45, 7) is 4.81. The van der Waals surface area contributed by atoms with E-state index in [9.17, 15) is 22.8 Å². The number of hydrogen-bond donors (Lipinski definition) is 2. The third kappa shape index (κ3) is 6.49. The van der Waals surface area contributed by atoms with Crippen LogP contribution in [0.5, 0.6) is 0 Å². The normalized spacial score (nSPS) is 13.3. The Bertz CT molecular complexity index is 567. The van der Waals surface area contributed by atoms with Gasteiger partial charge in [-0.3, -0.25) is 0 Å². The summed E-state index contributed by atoms with van der Waals surface area (Å²) in [5, 5.41) is 11.2. The lowest BCUT2D eigenvalue weighted by Gasteiger charge is -2.22. The molecule has 0 saturated carbocycles. The molecule has 0 aliphatic rings. The van der Waals surface area contributed by atoms with Crippen LogP contribution < -0.4 is 5.32 Å². The number of amides is 1. The maximum absolute atomic E-state index is 12.3. The van der Waals surface area contributed by atoms with Gasteiger partial charge in [-0.15, -0.1) is 0 Å². The zero-order valence-electron chi connectivity index (χ0n) is 12.6. The summed E-state index contributed by atoms with van der Waals surface area (Å²) in [5.74, 6) is -2.69. The molecule has 0 bridgehead atoms. The minimum absolute atomic E-state index is 0.126. The van der Waals surface area contributed by atoms with Crippen molar-refractivity contribution < 1.29 is 32.6 Å². The highest BCUT2D eigenvalue weighted by Gasteiger charge is 2.34. The van der Waals surface area contributed by atoms with Crippen LogP contribution in [0.2, 0.25) is 0 Å². The molecule has 1 atom stereocenters. The lowest BCUT2D eigenvalue weighted by Crippen LogP contribution is -2.44. The largest absolute Gasteiger partial charge is 0.480 e. The molecule has 1 aromatic rings. The highest BCUT2D eigenvalue weighted by molar-refractivity contribution is 5.80. The Morgan fingerprint density at radius 3 is 2.17 bits per heavy atom. The molecule has 2 N–H and O–H groups in total. The van der Waals surface area contributed by atoms with Gasteiger partial charge in [-0.2, -0.15) is 13.2 Å². The van der Waals surface area contributed by atoms with E-state index in [0.29, 0.717) is 0 Å². The molecule has 0 aliphatic heterocycles. The number of carboxylic acid groups (broad SMARTS) is 1. The summed E-state index contributed by atoms with van der Waals surface area (Å²) >= 11 is 0. The van der Waals surface area contributed by atoms with E-state index >= 15 is 0 Å². The first-order valence-electron chi connectivity index (χ1n) is 6.49. The molecule has 23 heavy (non-hydrogen) atoms. The van der Waals surface area contributed by atoms with E-state index in [0.717, 1.165) is 12.4 Å². The van der Waals surface area contributed by atoms with Gasteiger partial charge in [-0.05, 0) is 26.3 Å². The molecule has 1 unspecified atom stereocenters. The van der Waals surface area contributed by atoms with E-state index < -0.39 is 35.7 Å². The fraction of sp³-hybridized carbons (Fsp3) is 0.538. The Morgan fingerprint density at radius 2 is 1.78 bits per heavy atom. The number of aromatic nitrogens is 2. The van der Waals surface area contributed by atoms with Crippen molar-refractivity contribution in [2.75, 3.05) is 0 Å². The van der Waals surface area contributed by atoms with Crippen LogP contribution in [-0.4, -0.2) is 38.8 Å². The Morgan fingerprint density at radius 1 is 1.26 bits per heavy atom. The molecule has 1 heterocycles. The van der Waals surface area contributed by atoms with Crippen LogP contribution in [0.1, 0.15) is 32.2 Å². The number of alkyl halides is 3. The van der Waals surface area contributed by atoms with Gasteiger partial charge in [0.1, 0.15) is 11.6 Å². The smallest absolute Gasteiger partial charge is 0.451 e. The average Bonchev–Trinajstić information content (AvgIpc) is 2.35. The van der Waals surface area contributed by atoms with Crippen LogP contribution in [0, 0.1) is 0 Å².